The Morgan fingerprint density at radius 1 is 0.485 bits per heavy atom. The summed E-state index contributed by atoms with van der Waals surface area (Å²) in [6.07, 6.45) is 0. The summed E-state index contributed by atoms with van der Waals surface area (Å²) in [5, 5.41) is 3.59. The molecule has 33 heavy (non-hydrogen) atoms. The minimum atomic E-state index is -4.37. The van der Waals surface area contributed by atoms with Gasteiger partial charge in [-0.1, -0.05) is 36.4 Å². The molecule has 0 radical (unpaired) electrons. The van der Waals surface area contributed by atoms with Crippen molar-refractivity contribution in [3.8, 4) is 0 Å². The molecule has 9 heteroatoms. The van der Waals surface area contributed by atoms with Crippen molar-refractivity contribution in [3.63, 3.8) is 0 Å². The quantitative estimate of drug-likeness (QED) is 0.293. The molecule has 0 aliphatic carbocycles. The SMILES string of the molecule is Cc1ccc(C)c2cc(S(=O)(=O)[O-])ccc12.Cc1ccc(C)c2cc(S(=O)(=O)[O-])ccc12.[Ca+2]. The van der Waals surface area contributed by atoms with E-state index in [4.69, 9.17) is 0 Å². The van der Waals surface area contributed by atoms with Crippen LogP contribution in [0.2, 0.25) is 0 Å². The molecule has 0 atom stereocenters. The van der Waals surface area contributed by atoms with E-state index in [1.54, 1.807) is 12.1 Å². The van der Waals surface area contributed by atoms with Crippen LogP contribution in [-0.2, 0) is 20.2 Å². The molecule has 0 N–H and O–H groups in total. The van der Waals surface area contributed by atoms with Gasteiger partial charge in [-0.3, -0.25) is 0 Å². The van der Waals surface area contributed by atoms with Crippen molar-refractivity contribution in [1.29, 1.82) is 0 Å². The smallest absolute Gasteiger partial charge is 0.744 e. The van der Waals surface area contributed by atoms with Gasteiger partial charge in [-0.25, -0.2) is 16.8 Å². The van der Waals surface area contributed by atoms with Crippen LogP contribution in [0.5, 0.6) is 0 Å². The Labute approximate surface area is 224 Å². The maximum absolute atomic E-state index is 10.9. The van der Waals surface area contributed by atoms with E-state index in [9.17, 15) is 25.9 Å². The summed E-state index contributed by atoms with van der Waals surface area (Å²) >= 11 is 0. The maximum atomic E-state index is 10.9. The Bertz CT molecular complexity index is 1440. The first-order valence-electron chi connectivity index (χ1n) is 9.71. The second-order valence-electron chi connectivity index (χ2n) is 7.72. The normalized spacial score (nSPS) is 11.6. The first-order chi connectivity index (χ1) is 14.8. The van der Waals surface area contributed by atoms with Crippen LogP contribution < -0.4 is 0 Å². The van der Waals surface area contributed by atoms with E-state index in [1.165, 1.54) is 24.3 Å². The molecule has 0 spiro atoms. The van der Waals surface area contributed by atoms with Crippen molar-refractivity contribution in [2.75, 3.05) is 0 Å². The predicted octanol–water partition coefficient (Wildman–Crippen LogP) is 4.34. The number of hydrogen-bond donors (Lipinski definition) is 0. The van der Waals surface area contributed by atoms with Crippen molar-refractivity contribution >= 4 is 79.5 Å². The van der Waals surface area contributed by atoms with Crippen LogP contribution in [0.1, 0.15) is 22.3 Å². The standard InChI is InChI=1S/2C12H12O3S.Ca/c2*1-8-3-4-9(2)12-7-10(16(13,14)15)5-6-11(8)12;/h2*3-7H,1-2H3,(H,13,14,15);/q;;+2/p-2. The van der Waals surface area contributed by atoms with Crippen LogP contribution in [-0.4, -0.2) is 63.7 Å². The maximum Gasteiger partial charge on any atom is 2.00 e. The number of benzene rings is 4. The first-order valence-corrected chi connectivity index (χ1v) is 12.5. The molecule has 4 aromatic rings. The molecule has 168 valence electrons. The average molecular weight is 511 g/mol. The molecule has 6 nitrogen and oxygen atoms in total. The Morgan fingerprint density at radius 2 is 0.758 bits per heavy atom. The molecule has 0 aromatic heterocycles. The van der Waals surface area contributed by atoms with Gasteiger partial charge in [0, 0.05) is 0 Å². The van der Waals surface area contributed by atoms with Crippen LogP contribution in [0.3, 0.4) is 0 Å². The average Bonchev–Trinajstić information content (AvgIpc) is 2.72. The molecule has 4 aromatic carbocycles. The third kappa shape index (κ3) is 6.33. The third-order valence-electron chi connectivity index (χ3n) is 5.43. The monoisotopic (exact) mass is 510 g/mol. The fraction of sp³-hybridized carbons (Fsp3) is 0.167. The number of aryl methyl sites for hydroxylation is 4. The fourth-order valence-corrected chi connectivity index (χ4v) is 4.55. The molecule has 4 rings (SSSR count). The number of hydrogen-bond acceptors (Lipinski definition) is 6. The van der Waals surface area contributed by atoms with E-state index in [2.05, 4.69) is 0 Å². The zero-order valence-corrected chi connectivity index (χ0v) is 22.6. The van der Waals surface area contributed by atoms with Crippen LogP contribution in [0.4, 0.5) is 0 Å². The van der Waals surface area contributed by atoms with E-state index in [0.717, 1.165) is 43.8 Å². The van der Waals surface area contributed by atoms with Crippen molar-refractivity contribution in [2.45, 2.75) is 37.5 Å². The number of rotatable bonds is 2. The van der Waals surface area contributed by atoms with Crippen LogP contribution in [0.25, 0.3) is 21.5 Å². The fourth-order valence-electron chi connectivity index (χ4n) is 3.56. The molecular weight excluding hydrogens is 488 g/mol. The molecule has 0 unspecified atom stereocenters. The minimum Gasteiger partial charge on any atom is -0.744 e. The van der Waals surface area contributed by atoms with Crippen LogP contribution in [0, 0.1) is 27.7 Å². The molecule has 0 heterocycles. The summed E-state index contributed by atoms with van der Waals surface area (Å²) in [5.41, 5.74) is 4.06. The van der Waals surface area contributed by atoms with E-state index in [-0.39, 0.29) is 47.5 Å². The summed E-state index contributed by atoms with van der Waals surface area (Å²) in [4.78, 5) is -0.345. The molecule has 0 amide bonds. The van der Waals surface area contributed by atoms with Gasteiger partial charge in [-0.05, 0) is 95.8 Å². The van der Waals surface area contributed by atoms with Gasteiger partial charge in [-0.15, -0.1) is 0 Å². The second kappa shape index (κ2) is 10.4. The van der Waals surface area contributed by atoms with Gasteiger partial charge in [0.2, 0.25) is 0 Å². The third-order valence-corrected chi connectivity index (χ3v) is 7.09. The van der Waals surface area contributed by atoms with Gasteiger partial charge in [0.05, 0.1) is 9.79 Å². The van der Waals surface area contributed by atoms with Crippen molar-refractivity contribution in [1.82, 2.24) is 0 Å². The minimum absolute atomic E-state index is 0. The van der Waals surface area contributed by atoms with E-state index < -0.39 is 20.2 Å². The summed E-state index contributed by atoms with van der Waals surface area (Å²) in [5.74, 6) is 0. The largest absolute Gasteiger partial charge is 2.00 e. The topological polar surface area (TPSA) is 114 Å². The molecular formula is C24H22CaO6S2. The van der Waals surface area contributed by atoms with Gasteiger partial charge < -0.3 is 9.11 Å². The molecule has 0 saturated heterocycles. The molecule has 0 aliphatic rings. The molecule has 0 aliphatic heterocycles. The Morgan fingerprint density at radius 3 is 1.03 bits per heavy atom. The van der Waals surface area contributed by atoms with E-state index >= 15 is 0 Å². The van der Waals surface area contributed by atoms with Gasteiger partial charge in [0.25, 0.3) is 0 Å². The number of fused-ring (bicyclic) bond motifs is 2. The summed E-state index contributed by atoms with van der Waals surface area (Å²) in [7, 11) is -8.75. The second-order valence-corrected chi connectivity index (χ2v) is 10.5. The molecule has 0 saturated carbocycles. The zero-order valence-electron chi connectivity index (χ0n) is 18.7. The van der Waals surface area contributed by atoms with E-state index in [1.807, 2.05) is 52.0 Å². The van der Waals surface area contributed by atoms with E-state index in [0.29, 0.717) is 0 Å². The summed E-state index contributed by atoms with van der Waals surface area (Å²) < 4.78 is 65.5. The van der Waals surface area contributed by atoms with Gasteiger partial charge in [0.1, 0.15) is 20.2 Å². The molecule has 0 bridgehead atoms. The van der Waals surface area contributed by atoms with Crippen molar-refractivity contribution < 1.29 is 25.9 Å². The summed E-state index contributed by atoms with van der Waals surface area (Å²) in [6, 6.07) is 16.8. The Kier molecular flexibility index (Phi) is 8.73. The Hall–Kier alpha value is -1.52. The van der Waals surface area contributed by atoms with Crippen LogP contribution >= 0.6 is 0 Å². The first kappa shape index (κ1) is 27.7. The van der Waals surface area contributed by atoms with Crippen molar-refractivity contribution in [3.05, 3.63) is 82.9 Å². The molecule has 0 fully saturated rings. The Balaban J connectivity index is 0.000000227. The summed E-state index contributed by atoms with van der Waals surface area (Å²) in [6.45, 7) is 7.69. The van der Waals surface area contributed by atoms with Gasteiger partial charge in [-0.2, -0.15) is 0 Å². The van der Waals surface area contributed by atoms with Gasteiger partial charge >= 0.3 is 37.7 Å². The van der Waals surface area contributed by atoms with Gasteiger partial charge in [0.15, 0.2) is 0 Å². The zero-order chi connectivity index (χ0) is 23.8. The van der Waals surface area contributed by atoms with Crippen molar-refractivity contribution in [2.24, 2.45) is 0 Å². The van der Waals surface area contributed by atoms with Crippen LogP contribution in [0.15, 0.2) is 70.5 Å². The predicted molar refractivity (Wildman–Crippen MR) is 129 cm³/mol.